The van der Waals surface area contributed by atoms with Crippen LogP contribution in [0.5, 0.6) is 5.75 Å². The maximum absolute atomic E-state index is 13.8. The van der Waals surface area contributed by atoms with E-state index in [1.165, 1.54) is 0 Å². The highest BCUT2D eigenvalue weighted by atomic mass is 32.2. The fourth-order valence-corrected chi connectivity index (χ4v) is 2.60. The molecule has 0 heterocycles. The second-order valence-electron chi connectivity index (χ2n) is 4.80. The normalized spacial score (nSPS) is 11.1. The lowest BCUT2D eigenvalue weighted by molar-refractivity contribution is 0.102. The summed E-state index contributed by atoms with van der Waals surface area (Å²) in [6, 6.07) is 9.77. The molecule has 23 heavy (non-hydrogen) atoms. The first-order chi connectivity index (χ1) is 10.8. The van der Waals surface area contributed by atoms with Crippen LogP contribution in [0.15, 0.2) is 47.4 Å². The molecular formula is C16H16FNO4S. The van der Waals surface area contributed by atoms with E-state index in [9.17, 15) is 17.6 Å². The van der Waals surface area contributed by atoms with Gasteiger partial charge in [-0.3, -0.25) is 4.79 Å². The van der Waals surface area contributed by atoms with Gasteiger partial charge in [-0.25, -0.2) is 12.8 Å². The number of para-hydroxylation sites is 1. The molecule has 0 aliphatic carbocycles. The predicted octanol–water partition coefficient (Wildman–Crippen LogP) is 2.88. The Balaban J connectivity index is 2.34. The van der Waals surface area contributed by atoms with E-state index in [1.807, 2.05) is 0 Å². The fraction of sp³-hybridized carbons (Fsp3) is 0.188. The average molecular weight is 337 g/mol. The smallest absolute Gasteiger partial charge is 0.259 e. The van der Waals surface area contributed by atoms with Gasteiger partial charge in [0, 0.05) is 6.26 Å². The molecule has 1 N–H and O–H groups in total. The number of carbonyl (C=O) groups excluding carboxylic acids is 1. The molecule has 0 atom stereocenters. The number of anilines is 1. The summed E-state index contributed by atoms with van der Waals surface area (Å²) in [5, 5.41) is 2.38. The van der Waals surface area contributed by atoms with Gasteiger partial charge in [-0.15, -0.1) is 0 Å². The monoisotopic (exact) mass is 337 g/mol. The van der Waals surface area contributed by atoms with Crippen LogP contribution in [-0.2, 0) is 9.84 Å². The number of ether oxygens (including phenoxy) is 1. The zero-order valence-corrected chi connectivity index (χ0v) is 13.5. The number of sulfone groups is 1. The summed E-state index contributed by atoms with van der Waals surface area (Å²) >= 11 is 0. The number of nitrogens with one attached hydrogen (secondary N) is 1. The van der Waals surface area contributed by atoms with E-state index in [0.29, 0.717) is 12.4 Å². The molecule has 2 rings (SSSR count). The number of hydrogen-bond acceptors (Lipinski definition) is 4. The number of benzene rings is 2. The van der Waals surface area contributed by atoms with Gasteiger partial charge in [-0.1, -0.05) is 12.1 Å². The van der Waals surface area contributed by atoms with Gasteiger partial charge in [-0.2, -0.15) is 0 Å². The standard InChI is InChI=1S/C16H16FNO4S/c1-3-22-15-7-5-4-6-12(15)16(19)18-14-10-11(23(2,20)21)8-9-13(14)17/h4-10H,3H2,1-2H3,(H,18,19). The highest BCUT2D eigenvalue weighted by Crippen LogP contribution is 2.23. The van der Waals surface area contributed by atoms with Crippen molar-refractivity contribution < 1.29 is 22.3 Å². The highest BCUT2D eigenvalue weighted by molar-refractivity contribution is 7.90. The van der Waals surface area contributed by atoms with Crippen LogP contribution in [0.3, 0.4) is 0 Å². The lowest BCUT2D eigenvalue weighted by Gasteiger charge is -2.11. The first-order valence-electron chi connectivity index (χ1n) is 6.85. The molecule has 0 aromatic heterocycles. The molecule has 0 aliphatic heterocycles. The summed E-state index contributed by atoms with van der Waals surface area (Å²) in [6.07, 6.45) is 1.01. The first kappa shape index (κ1) is 17.0. The Bertz CT molecular complexity index is 834. The van der Waals surface area contributed by atoms with Crippen molar-refractivity contribution >= 4 is 21.4 Å². The van der Waals surface area contributed by atoms with Crippen molar-refractivity contribution in [3.63, 3.8) is 0 Å². The molecule has 0 saturated carbocycles. The maximum atomic E-state index is 13.8. The molecule has 0 unspecified atom stereocenters. The number of amides is 1. The van der Waals surface area contributed by atoms with Crippen LogP contribution >= 0.6 is 0 Å². The minimum atomic E-state index is -3.50. The third kappa shape index (κ3) is 4.07. The fourth-order valence-electron chi connectivity index (χ4n) is 1.96. The van der Waals surface area contributed by atoms with Crippen molar-refractivity contribution in [2.75, 3.05) is 18.2 Å². The van der Waals surface area contributed by atoms with E-state index in [4.69, 9.17) is 4.74 Å². The van der Waals surface area contributed by atoms with E-state index in [1.54, 1.807) is 31.2 Å². The maximum Gasteiger partial charge on any atom is 0.259 e. The van der Waals surface area contributed by atoms with Crippen LogP contribution in [0.4, 0.5) is 10.1 Å². The summed E-state index contributed by atoms with van der Waals surface area (Å²) < 4.78 is 42.3. The average Bonchev–Trinajstić information content (AvgIpc) is 2.49. The van der Waals surface area contributed by atoms with Gasteiger partial charge in [0.1, 0.15) is 11.6 Å². The van der Waals surface area contributed by atoms with Crippen molar-refractivity contribution in [1.29, 1.82) is 0 Å². The van der Waals surface area contributed by atoms with Gasteiger partial charge in [0.25, 0.3) is 5.91 Å². The minimum Gasteiger partial charge on any atom is -0.493 e. The van der Waals surface area contributed by atoms with Crippen LogP contribution < -0.4 is 10.1 Å². The molecule has 122 valence electrons. The number of rotatable bonds is 5. The minimum absolute atomic E-state index is 0.0766. The molecule has 0 bridgehead atoms. The summed E-state index contributed by atoms with van der Waals surface area (Å²) in [6.45, 7) is 2.16. The molecular weight excluding hydrogens is 321 g/mol. The SMILES string of the molecule is CCOc1ccccc1C(=O)Nc1cc(S(C)(=O)=O)ccc1F. The predicted molar refractivity (Wildman–Crippen MR) is 85.1 cm³/mol. The molecule has 5 nitrogen and oxygen atoms in total. The molecule has 0 radical (unpaired) electrons. The zero-order valence-electron chi connectivity index (χ0n) is 12.7. The van der Waals surface area contributed by atoms with E-state index in [2.05, 4.69) is 5.32 Å². The van der Waals surface area contributed by atoms with Gasteiger partial charge in [0.15, 0.2) is 9.84 Å². The van der Waals surface area contributed by atoms with E-state index < -0.39 is 21.6 Å². The van der Waals surface area contributed by atoms with E-state index >= 15 is 0 Å². The van der Waals surface area contributed by atoms with Crippen molar-refractivity contribution in [1.82, 2.24) is 0 Å². The van der Waals surface area contributed by atoms with Crippen LogP contribution in [0.2, 0.25) is 0 Å². The second kappa shape index (κ2) is 6.78. The molecule has 0 spiro atoms. The zero-order chi connectivity index (χ0) is 17.0. The number of carbonyl (C=O) groups is 1. The molecule has 7 heteroatoms. The Labute approximate surface area is 134 Å². The molecule has 0 saturated heterocycles. The van der Waals surface area contributed by atoms with Crippen LogP contribution in [-0.4, -0.2) is 27.2 Å². The Kier molecular flexibility index (Phi) is 5.00. The Morgan fingerprint density at radius 1 is 1.22 bits per heavy atom. The van der Waals surface area contributed by atoms with Gasteiger partial charge in [0.2, 0.25) is 0 Å². The van der Waals surface area contributed by atoms with Crippen molar-refractivity contribution in [3.05, 3.63) is 53.8 Å². The largest absolute Gasteiger partial charge is 0.493 e. The van der Waals surface area contributed by atoms with Crippen LogP contribution in [0, 0.1) is 5.82 Å². The Hall–Kier alpha value is -2.41. The number of halogens is 1. The van der Waals surface area contributed by atoms with E-state index in [-0.39, 0.29) is 16.1 Å². The molecule has 2 aromatic rings. The van der Waals surface area contributed by atoms with Gasteiger partial charge in [-0.05, 0) is 37.3 Å². The molecule has 1 amide bonds. The van der Waals surface area contributed by atoms with Crippen molar-refractivity contribution in [3.8, 4) is 5.75 Å². The third-order valence-corrected chi connectivity index (χ3v) is 4.16. The summed E-state index contributed by atoms with van der Waals surface area (Å²) in [5.41, 5.74) is 0.0303. The summed E-state index contributed by atoms with van der Waals surface area (Å²) in [4.78, 5) is 12.2. The molecule has 0 aliphatic rings. The molecule has 0 fully saturated rings. The third-order valence-electron chi connectivity index (χ3n) is 3.05. The van der Waals surface area contributed by atoms with Gasteiger partial charge < -0.3 is 10.1 Å². The van der Waals surface area contributed by atoms with Crippen LogP contribution in [0.1, 0.15) is 17.3 Å². The quantitative estimate of drug-likeness (QED) is 0.852. The lowest BCUT2D eigenvalue weighted by atomic mass is 10.2. The Morgan fingerprint density at radius 2 is 1.91 bits per heavy atom. The van der Waals surface area contributed by atoms with Crippen LogP contribution in [0.25, 0.3) is 0 Å². The number of hydrogen-bond donors (Lipinski definition) is 1. The Morgan fingerprint density at radius 3 is 2.57 bits per heavy atom. The van der Waals surface area contributed by atoms with Crippen molar-refractivity contribution in [2.45, 2.75) is 11.8 Å². The lowest BCUT2D eigenvalue weighted by Crippen LogP contribution is -2.15. The summed E-state index contributed by atoms with van der Waals surface area (Å²) in [5.74, 6) is -0.939. The summed E-state index contributed by atoms with van der Waals surface area (Å²) in [7, 11) is -3.50. The van der Waals surface area contributed by atoms with Crippen molar-refractivity contribution in [2.24, 2.45) is 0 Å². The highest BCUT2D eigenvalue weighted by Gasteiger charge is 2.16. The topological polar surface area (TPSA) is 72.5 Å². The van der Waals surface area contributed by atoms with Gasteiger partial charge >= 0.3 is 0 Å². The van der Waals surface area contributed by atoms with Gasteiger partial charge in [0.05, 0.1) is 22.8 Å². The van der Waals surface area contributed by atoms with E-state index in [0.717, 1.165) is 24.5 Å². The first-order valence-corrected chi connectivity index (χ1v) is 8.75. The molecule has 2 aromatic carbocycles. The second-order valence-corrected chi connectivity index (χ2v) is 6.81.